The van der Waals surface area contributed by atoms with Crippen LogP contribution in [0.2, 0.25) is 0 Å². The molecular formula is C24H32N2. The molecular weight excluding hydrogens is 316 g/mol. The molecule has 0 N–H and O–H groups in total. The zero-order chi connectivity index (χ0) is 18.4. The quantitative estimate of drug-likeness (QED) is 0.782. The first-order valence-corrected chi connectivity index (χ1v) is 9.98. The van der Waals surface area contributed by atoms with Gasteiger partial charge in [-0.3, -0.25) is 4.90 Å². The molecule has 1 saturated carbocycles. The molecule has 0 aromatic heterocycles. The summed E-state index contributed by atoms with van der Waals surface area (Å²) < 4.78 is 0. The van der Waals surface area contributed by atoms with Crippen molar-refractivity contribution in [1.82, 2.24) is 4.90 Å². The Hall–Kier alpha value is -1.80. The highest BCUT2D eigenvalue weighted by molar-refractivity contribution is 5.47. The maximum Gasteiger partial charge on any atom is 0.0367 e. The van der Waals surface area contributed by atoms with E-state index < -0.39 is 0 Å². The molecule has 2 aromatic rings. The number of piperazine rings is 1. The van der Waals surface area contributed by atoms with Gasteiger partial charge in [-0.05, 0) is 28.5 Å². The molecule has 2 aliphatic rings. The molecule has 2 heteroatoms. The Morgan fingerprint density at radius 2 is 1.27 bits per heavy atom. The zero-order valence-corrected chi connectivity index (χ0v) is 16.7. The van der Waals surface area contributed by atoms with Crippen molar-refractivity contribution in [3.63, 3.8) is 0 Å². The largest absolute Gasteiger partial charge is 0.369 e. The molecule has 0 unspecified atom stereocenters. The summed E-state index contributed by atoms with van der Waals surface area (Å²) in [6, 6.07) is 22.0. The normalized spacial score (nSPS) is 31.0. The first-order valence-electron chi connectivity index (χ1n) is 9.98. The number of benzene rings is 2. The van der Waals surface area contributed by atoms with Crippen LogP contribution in [0.4, 0.5) is 5.69 Å². The molecule has 2 aromatic carbocycles. The minimum atomic E-state index is 0.248. The first-order chi connectivity index (χ1) is 12.4. The third kappa shape index (κ3) is 2.42. The standard InChI is InChI=1S/C24H32N2/c1-22(2)23(3,24(22,4)20-11-7-5-8-12-20)19-25-15-17-26(18-16-25)21-13-9-6-10-14-21/h5-14H,15-19H2,1-4H3/t23-,24-/m1/s1. The van der Waals surface area contributed by atoms with Crippen LogP contribution in [0.1, 0.15) is 33.3 Å². The third-order valence-electron chi connectivity index (χ3n) is 8.06. The van der Waals surface area contributed by atoms with Crippen molar-refractivity contribution in [3.05, 3.63) is 66.2 Å². The zero-order valence-electron chi connectivity index (χ0n) is 16.7. The Kier molecular flexibility index (Phi) is 4.15. The van der Waals surface area contributed by atoms with E-state index in [0.717, 1.165) is 26.2 Å². The van der Waals surface area contributed by atoms with Gasteiger partial charge in [-0.15, -0.1) is 0 Å². The lowest BCUT2D eigenvalue weighted by atomic mass is 9.87. The average Bonchev–Trinajstić information content (AvgIpc) is 3.03. The molecule has 4 rings (SSSR count). The molecule has 0 radical (unpaired) electrons. The number of anilines is 1. The van der Waals surface area contributed by atoms with Gasteiger partial charge in [-0.2, -0.15) is 0 Å². The van der Waals surface area contributed by atoms with Gasteiger partial charge in [-0.25, -0.2) is 0 Å². The Balaban J connectivity index is 1.45. The van der Waals surface area contributed by atoms with E-state index >= 15 is 0 Å². The van der Waals surface area contributed by atoms with Gasteiger partial charge in [0.2, 0.25) is 0 Å². The van der Waals surface area contributed by atoms with Crippen molar-refractivity contribution < 1.29 is 0 Å². The van der Waals surface area contributed by atoms with Crippen LogP contribution in [0.3, 0.4) is 0 Å². The van der Waals surface area contributed by atoms with E-state index in [0.29, 0.717) is 10.8 Å². The van der Waals surface area contributed by atoms with E-state index in [-0.39, 0.29) is 5.41 Å². The van der Waals surface area contributed by atoms with Gasteiger partial charge >= 0.3 is 0 Å². The van der Waals surface area contributed by atoms with E-state index in [1.807, 2.05) is 0 Å². The monoisotopic (exact) mass is 348 g/mol. The fourth-order valence-electron chi connectivity index (χ4n) is 5.50. The molecule has 0 amide bonds. The second-order valence-corrected chi connectivity index (χ2v) is 9.05. The maximum atomic E-state index is 2.69. The smallest absolute Gasteiger partial charge is 0.0367 e. The SMILES string of the molecule is CC1(C)[C@@](C)(CN2CCN(c3ccccc3)CC2)[C@]1(C)c1ccccc1. The van der Waals surface area contributed by atoms with Crippen molar-refractivity contribution in [1.29, 1.82) is 0 Å². The van der Waals surface area contributed by atoms with Crippen molar-refractivity contribution in [2.45, 2.75) is 33.1 Å². The van der Waals surface area contributed by atoms with Gasteiger partial charge in [0, 0.05) is 43.8 Å². The van der Waals surface area contributed by atoms with Gasteiger partial charge in [0.25, 0.3) is 0 Å². The number of hydrogen-bond donors (Lipinski definition) is 0. The summed E-state index contributed by atoms with van der Waals surface area (Å²) in [7, 11) is 0. The van der Waals surface area contributed by atoms with Gasteiger partial charge in [-0.1, -0.05) is 76.2 Å². The van der Waals surface area contributed by atoms with Gasteiger partial charge < -0.3 is 4.90 Å². The minimum absolute atomic E-state index is 0.248. The van der Waals surface area contributed by atoms with E-state index in [1.165, 1.54) is 17.8 Å². The number of hydrogen-bond acceptors (Lipinski definition) is 2. The lowest BCUT2D eigenvalue weighted by Crippen LogP contribution is -2.48. The fourth-order valence-corrected chi connectivity index (χ4v) is 5.50. The molecule has 2 fully saturated rings. The van der Waals surface area contributed by atoms with Crippen LogP contribution in [-0.4, -0.2) is 37.6 Å². The van der Waals surface area contributed by atoms with Crippen molar-refractivity contribution >= 4 is 5.69 Å². The first kappa shape index (κ1) is 17.6. The van der Waals surface area contributed by atoms with Crippen LogP contribution in [0.5, 0.6) is 0 Å². The van der Waals surface area contributed by atoms with Crippen molar-refractivity contribution in [2.75, 3.05) is 37.6 Å². The van der Waals surface area contributed by atoms with Crippen LogP contribution in [0.15, 0.2) is 60.7 Å². The molecule has 1 aliphatic heterocycles. The summed E-state index contributed by atoms with van der Waals surface area (Å²) in [5.74, 6) is 0. The molecule has 1 aliphatic carbocycles. The van der Waals surface area contributed by atoms with Gasteiger partial charge in [0.1, 0.15) is 0 Å². The summed E-state index contributed by atoms with van der Waals surface area (Å²) >= 11 is 0. The summed E-state index contributed by atoms with van der Waals surface area (Å²) in [4.78, 5) is 5.21. The number of rotatable bonds is 4. The second-order valence-electron chi connectivity index (χ2n) is 9.05. The molecule has 1 heterocycles. The lowest BCUT2D eigenvalue weighted by Gasteiger charge is -2.38. The molecule has 1 saturated heterocycles. The van der Waals surface area contributed by atoms with Gasteiger partial charge in [0.05, 0.1) is 0 Å². The predicted molar refractivity (Wildman–Crippen MR) is 111 cm³/mol. The topological polar surface area (TPSA) is 6.48 Å². The highest BCUT2D eigenvalue weighted by atomic mass is 15.3. The van der Waals surface area contributed by atoms with E-state index in [9.17, 15) is 0 Å². The Morgan fingerprint density at radius 3 is 1.85 bits per heavy atom. The van der Waals surface area contributed by atoms with Gasteiger partial charge in [0.15, 0.2) is 0 Å². The molecule has 0 spiro atoms. The van der Waals surface area contributed by atoms with Crippen molar-refractivity contribution in [3.8, 4) is 0 Å². The van der Waals surface area contributed by atoms with E-state index in [2.05, 4.69) is 98.2 Å². The highest BCUT2D eigenvalue weighted by Crippen LogP contribution is 2.78. The highest BCUT2D eigenvalue weighted by Gasteiger charge is 2.77. The van der Waals surface area contributed by atoms with Crippen molar-refractivity contribution in [2.24, 2.45) is 10.8 Å². The maximum absolute atomic E-state index is 2.69. The Bertz CT molecular complexity index is 746. The van der Waals surface area contributed by atoms with E-state index in [1.54, 1.807) is 0 Å². The fraction of sp³-hybridized carbons (Fsp3) is 0.500. The van der Waals surface area contributed by atoms with E-state index in [4.69, 9.17) is 0 Å². The predicted octanol–water partition coefficient (Wildman–Crippen LogP) is 4.81. The summed E-state index contributed by atoms with van der Waals surface area (Å²) in [5, 5.41) is 0. The molecule has 138 valence electrons. The van der Waals surface area contributed by atoms with Crippen LogP contribution >= 0.6 is 0 Å². The Labute approximate surface area is 158 Å². The minimum Gasteiger partial charge on any atom is -0.369 e. The number of nitrogens with zero attached hydrogens (tertiary/aromatic N) is 2. The van der Waals surface area contributed by atoms with Crippen LogP contribution in [0.25, 0.3) is 0 Å². The molecule has 2 atom stereocenters. The molecule has 26 heavy (non-hydrogen) atoms. The van der Waals surface area contributed by atoms with Crippen LogP contribution < -0.4 is 4.90 Å². The Morgan fingerprint density at radius 1 is 0.731 bits per heavy atom. The number of para-hydroxylation sites is 1. The van der Waals surface area contributed by atoms with Crippen LogP contribution in [0, 0.1) is 10.8 Å². The summed E-state index contributed by atoms with van der Waals surface area (Å²) in [5.41, 5.74) is 3.74. The molecule has 0 bridgehead atoms. The third-order valence-corrected chi connectivity index (χ3v) is 8.06. The lowest BCUT2D eigenvalue weighted by molar-refractivity contribution is 0.190. The summed E-state index contributed by atoms with van der Waals surface area (Å²) in [6.45, 7) is 15.7. The molecule has 2 nitrogen and oxygen atoms in total. The van der Waals surface area contributed by atoms with Crippen LogP contribution in [-0.2, 0) is 5.41 Å². The average molecular weight is 349 g/mol. The summed E-state index contributed by atoms with van der Waals surface area (Å²) in [6.07, 6.45) is 0. The second kappa shape index (κ2) is 6.13.